The van der Waals surface area contributed by atoms with E-state index in [-0.39, 0.29) is 32.5 Å². The topological polar surface area (TPSA) is 58.9 Å². The number of ether oxygens (including phenoxy) is 2. The van der Waals surface area contributed by atoms with Gasteiger partial charge in [0.1, 0.15) is 24.7 Å². The normalized spacial score (nSPS) is 10.9. The quantitative estimate of drug-likeness (QED) is 0.697. The number of rotatable bonds is 6. The Balaban J connectivity index is 2.71. The molecule has 0 heterocycles. The lowest BCUT2D eigenvalue weighted by Crippen LogP contribution is -2.03. The minimum atomic E-state index is -0.0961. The van der Waals surface area contributed by atoms with Crippen LogP contribution in [0.1, 0.15) is 1.37 Å². The summed E-state index contributed by atoms with van der Waals surface area (Å²) in [5.74, 6) is 0.721. The van der Waals surface area contributed by atoms with Gasteiger partial charge in [0.15, 0.2) is 0 Å². The maximum Gasteiger partial charge on any atom is 0.123 e. The molecule has 0 aliphatic rings. The summed E-state index contributed by atoms with van der Waals surface area (Å²) in [6.07, 6.45) is 0. The Labute approximate surface area is 84.1 Å². The molecule has 0 saturated carbocycles. The average Bonchev–Trinajstić information content (AvgIpc) is 2.26. The van der Waals surface area contributed by atoms with E-state index in [1.54, 1.807) is 18.2 Å². The molecule has 0 unspecified atom stereocenters. The van der Waals surface area contributed by atoms with Crippen molar-refractivity contribution >= 4 is 0 Å². The highest BCUT2D eigenvalue weighted by molar-refractivity contribution is 5.32. The lowest BCUT2D eigenvalue weighted by atomic mass is 10.3. The zero-order chi connectivity index (χ0) is 11.1. The van der Waals surface area contributed by atoms with Gasteiger partial charge in [-0.25, -0.2) is 0 Å². The third-order valence-electron chi connectivity index (χ3n) is 1.44. The molecule has 78 valence electrons. The van der Waals surface area contributed by atoms with Crippen molar-refractivity contribution in [3.8, 4) is 11.5 Å². The highest BCUT2D eigenvalue weighted by Crippen LogP contribution is 2.18. The molecule has 0 aliphatic carbocycles. The van der Waals surface area contributed by atoms with Crippen molar-refractivity contribution in [2.45, 2.75) is 0 Å². The van der Waals surface area contributed by atoms with Crippen LogP contribution < -0.4 is 9.47 Å². The molecule has 2 N–H and O–H groups in total. The second-order valence-electron chi connectivity index (χ2n) is 2.52. The molecule has 4 heteroatoms. The Bertz CT molecular complexity index is 277. The highest BCUT2D eigenvalue weighted by Gasteiger charge is 1.96. The van der Waals surface area contributed by atoms with Gasteiger partial charge >= 0.3 is 0 Å². The standard InChI is InChI=1S/C10H14O4/c11-4-6-13-9-2-1-3-10(8-9)14-7-5-12/h1-3,8,11-12H,4-7H2/i8D. The summed E-state index contributed by atoms with van der Waals surface area (Å²) in [7, 11) is 0. The van der Waals surface area contributed by atoms with Gasteiger partial charge in [-0.2, -0.15) is 0 Å². The predicted octanol–water partition coefficient (Wildman–Crippen LogP) is 0.429. The van der Waals surface area contributed by atoms with Crippen LogP contribution in [0, 0.1) is 0 Å². The van der Waals surface area contributed by atoms with Crippen molar-refractivity contribution < 1.29 is 21.1 Å². The van der Waals surface area contributed by atoms with Crippen LogP contribution >= 0.6 is 0 Å². The molecule has 0 spiro atoms. The van der Waals surface area contributed by atoms with Gasteiger partial charge in [0, 0.05) is 6.04 Å². The largest absolute Gasteiger partial charge is 0.491 e. The van der Waals surface area contributed by atoms with Crippen LogP contribution in [0.15, 0.2) is 24.2 Å². The van der Waals surface area contributed by atoms with Gasteiger partial charge in [-0.15, -0.1) is 0 Å². The SMILES string of the molecule is [2H]c1c(OCCO)cccc1OCCO. The Morgan fingerprint density at radius 3 is 2.00 bits per heavy atom. The Morgan fingerprint density at radius 1 is 1.07 bits per heavy atom. The molecule has 1 aromatic rings. The molecule has 14 heavy (non-hydrogen) atoms. The summed E-state index contributed by atoms with van der Waals surface area (Å²) in [4.78, 5) is 0. The van der Waals surface area contributed by atoms with Crippen LogP contribution in [0.2, 0.25) is 0 Å². The zero-order valence-corrected chi connectivity index (χ0v) is 7.77. The van der Waals surface area contributed by atoms with Crippen molar-refractivity contribution in [3.63, 3.8) is 0 Å². The van der Waals surface area contributed by atoms with E-state index in [0.717, 1.165) is 0 Å². The smallest absolute Gasteiger partial charge is 0.123 e. The second-order valence-corrected chi connectivity index (χ2v) is 2.52. The van der Waals surface area contributed by atoms with E-state index in [1.165, 1.54) is 0 Å². The summed E-state index contributed by atoms with van der Waals surface area (Å²) < 4.78 is 17.9. The summed E-state index contributed by atoms with van der Waals surface area (Å²) in [5.41, 5.74) is 0. The van der Waals surface area contributed by atoms with E-state index in [0.29, 0.717) is 11.5 Å². The van der Waals surface area contributed by atoms with E-state index in [1.807, 2.05) is 0 Å². The van der Waals surface area contributed by atoms with E-state index >= 15 is 0 Å². The van der Waals surface area contributed by atoms with Crippen LogP contribution in [0.3, 0.4) is 0 Å². The predicted molar refractivity (Wildman–Crippen MR) is 51.6 cm³/mol. The number of hydrogen-bond donors (Lipinski definition) is 2. The van der Waals surface area contributed by atoms with Gasteiger partial charge < -0.3 is 19.7 Å². The van der Waals surface area contributed by atoms with E-state index in [4.69, 9.17) is 21.1 Å². The van der Waals surface area contributed by atoms with Gasteiger partial charge in [-0.1, -0.05) is 6.07 Å². The Kier molecular flexibility index (Phi) is 4.14. The van der Waals surface area contributed by atoms with Crippen molar-refractivity contribution in [1.82, 2.24) is 0 Å². The number of aliphatic hydroxyl groups excluding tert-OH is 2. The minimum absolute atomic E-state index is 0.0961. The average molecular weight is 199 g/mol. The van der Waals surface area contributed by atoms with Crippen LogP contribution in [0.5, 0.6) is 11.5 Å². The van der Waals surface area contributed by atoms with Crippen molar-refractivity contribution in [1.29, 1.82) is 0 Å². The molecule has 0 saturated heterocycles. The molecule has 0 aromatic heterocycles. The molecule has 0 amide bonds. The fourth-order valence-corrected chi connectivity index (χ4v) is 0.907. The Morgan fingerprint density at radius 2 is 1.57 bits per heavy atom. The van der Waals surface area contributed by atoms with Crippen molar-refractivity contribution in [2.75, 3.05) is 26.4 Å². The lowest BCUT2D eigenvalue weighted by Gasteiger charge is -2.07. The monoisotopic (exact) mass is 199 g/mol. The fraction of sp³-hybridized carbons (Fsp3) is 0.400. The molecule has 0 aliphatic heterocycles. The van der Waals surface area contributed by atoms with Gasteiger partial charge in [-0.05, 0) is 12.1 Å². The van der Waals surface area contributed by atoms with Gasteiger partial charge in [0.05, 0.1) is 14.6 Å². The second kappa shape index (κ2) is 6.23. The van der Waals surface area contributed by atoms with Crippen molar-refractivity contribution in [2.24, 2.45) is 0 Å². The molecule has 0 radical (unpaired) electrons. The molecular formula is C10H14O4. The van der Waals surface area contributed by atoms with Crippen LogP contribution in [0.25, 0.3) is 0 Å². The van der Waals surface area contributed by atoms with Crippen LogP contribution in [0.4, 0.5) is 0 Å². The van der Waals surface area contributed by atoms with Gasteiger partial charge in [0.25, 0.3) is 0 Å². The van der Waals surface area contributed by atoms with Crippen molar-refractivity contribution in [3.05, 3.63) is 24.2 Å². The van der Waals surface area contributed by atoms with E-state index in [9.17, 15) is 0 Å². The highest BCUT2D eigenvalue weighted by atomic mass is 16.5. The molecule has 1 rings (SSSR count). The lowest BCUT2D eigenvalue weighted by molar-refractivity contribution is 0.194. The summed E-state index contributed by atoms with van der Waals surface area (Å²) in [6.45, 7) is 0.104. The van der Waals surface area contributed by atoms with E-state index in [2.05, 4.69) is 0 Å². The first-order chi connectivity index (χ1) is 7.29. The van der Waals surface area contributed by atoms with Gasteiger partial charge in [-0.3, -0.25) is 0 Å². The number of hydrogen-bond acceptors (Lipinski definition) is 4. The Hall–Kier alpha value is -1.26. The molecule has 0 fully saturated rings. The summed E-state index contributed by atoms with van der Waals surface area (Å²) in [5, 5.41) is 17.2. The third kappa shape index (κ3) is 3.64. The first kappa shape index (κ1) is 9.30. The fourth-order valence-electron chi connectivity index (χ4n) is 0.907. The molecule has 0 bridgehead atoms. The van der Waals surface area contributed by atoms with Crippen LogP contribution in [-0.2, 0) is 0 Å². The summed E-state index contributed by atoms with van der Waals surface area (Å²) >= 11 is 0. The minimum Gasteiger partial charge on any atom is -0.491 e. The van der Waals surface area contributed by atoms with Crippen LogP contribution in [-0.4, -0.2) is 36.6 Å². The molecule has 4 nitrogen and oxygen atoms in total. The summed E-state index contributed by atoms with van der Waals surface area (Å²) in [6, 6.07) is 5.07. The first-order valence-corrected chi connectivity index (χ1v) is 4.36. The maximum atomic E-state index is 8.58. The third-order valence-corrected chi connectivity index (χ3v) is 1.44. The van der Waals surface area contributed by atoms with E-state index < -0.39 is 0 Å². The zero-order valence-electron chi connectivity index (χ0n) is 8.77. The molecule has 1 aromatic carbocycles. The molecular weight excluding hydrogens is 184 g/mol. The maximum absolute atomic E-state index is 8.58. The number of aliphatic hydroxyl groups is 2. The van der Waals surface area contributed by atoms with Gasteiger partial charge in [0.2, 0.25) is 0 Å². The molecule has 0 atom stereocenters. The number of benzene rings is 1. The first-order valence-electron chi connectivity index (χ1n) is 4.86.